The minimum absolute atomic E-state index is 0.00350. The van der Waals surface area contributed by atoms with Crippen molar-refractivity contribution in [3.63, 3.8) is 0 Å². The van der Waals surface area contributed by atoms with Gasteiger partial charge in [-0.05, 0) is 19.1 Å². The first-order valence-electron chi connectivity index (χ1n) is 6.10. The zero-order valence-corrected chi connectivity index (χ0v) is 12.3. The van der Waals surface area contributed by atoms with Gasteiger partial charge in [-0.3, -0.25) is 5.84 Å². The summed E-state index contributed by atoms with van der Waals surface area (Å²) in [5.74, 6) is 7.36. The average molecular weight is 297 g/mol. The minimum atomic E-state index is -0.00350. The topological polar surface area (TPSA) is 55.9 Å². The molecule has 1 aromatic carbocycles. The zero-order valence-electron chi connectivity index (χ0n) is 10.7. The van der Waals surface area contributed by atoms with Crippen molar-refractivity contribution < 1.29 is 0 Å². The summed E-state index contributed by atoms with van der Waals surface area (Å²) in [6, 6.07) is 7.80. The lowest BCUT2D eigenvalue weighted by Gasteiger charge is -2.16. The highest BCUT2D eigenvalue weighted by molar-refractivity contribution is 7.99. The van der Waals surface area contributed by atoms with Crippen molar-refractivity contribution in [2.75, 3.05) is 5.75 Å². The summed E-state index contributed by atoms with van der Waals surface area (Å²) in [4.78, 5) is 5.42. The molecule has 0 amide bonds. The number of hydrazine groups is 1. The van der Waals surface area contributed by atoms with Crippen LogP contribution in [0.1, 0.15) is 18.8 Å². The Kier molecular flexibility index (Phi) is 5.27. The predicted molar refractivity (Wildman–Crippen MR) is 80.1 cm³/mol. The number of nitrogens with two attached hydrogens (primary N) is 1. The van der Waals surface area contributed by atoms with Crippen molar-refractivity contribution in [3.05, 3.63) is 47.5 Å². The molecule has 0 aliphatic carbocycles. The Balaban J connectivity index is 2.06. The molecule has 0 fully saturated rings. The van der Waals surface area contributed by atoms with E-state index < -0.39 is 0 Å². The van der Waals surface area contributed by atoms with E-state index in [1.165, 1.54) is 0 Å². The van der Waals surface area contributed by atoms with Crippen molar-refractivity contribution in [1.82, 2.24) is 15.0 Å². The molecule has 0 saturated heterocycles. The van der Waals surface area contributed by atoms with E-state index in [0.717, 1.165) is 28.0 Å². The maximum Gasteiger partial charge on any atom is 0.128 e. The molecule has 2 rings (SSSR count). The van der Waals surface area contributed by atoms with Crippen LogP contribution < -0.4 is 11.3 Å². The Hall–Kier alpha value is -1.01. The van der Waals surface area contributed by atoms with Gasteiger partial charge < -0.3 is 4.57 Å². The Labute approximate surface area is 122 Å². The molecule has 2 aromatic rings. The van der Waals surface area contributed by atoms with Gasteiger partial charge in [-0.25, -0.2) is 10.4 Å². The number of halogens is 1. The highest BCUT2D eigenvalue weighted by atomic mass is 35.5. The fraction of sp³-hybridized carbons (Fsp3) is 0.308. The molecule has 19 heavy (non-hydrogen) atoms. The van der Waals surface area contributed by atoms with Crippen molar-refractivity contribution in [1.29, 1.82) is 0 Å². The van der Waals surface area contributed by atoms with Gasteiger partial charge in [0.05, 0.1) is 11.1 Å². The van der Waals surface area contributed by atoms with Crippen LogP contribution in [-0.4, -0.2) is 15.3 Å². The van der Waals surface area contributed by atoms with Crippen LogP contribution in [0.4, 0.5) is 0 Å². The molecule has 1 aromatic heterocycles. The van der Waals surface area contributed by atoms with Gasteiger partial charge in [0.1, 0.15) is 5.82 Å². The first-order valence-corrected chi connectivity index (χ1v) is 7.47. The molecule has 1 atom stereocenters. The van der Waals surface area contributed by atoms with Crippen molar-refractivity contribution >= 4 is 23.4 Å². The van der Waals surface area contributed by atoms with E-state index in [4.69, 9.17) is 17.4 Å². The third-order valence-corrected chi connectivity index (χ3v) is 4.45. The number of nitrogens with one attached hydrogen (secondary N) is 1. The first-order chi connectivity index (χ1) is 9.26. The quantitative estimate of drug-likeness (QED) is 0.489. The van der Waals surface area contributed by atoms with E-state index in [2.05, 4.69) is 21.9 Å². The molecular weight excluding hydrogens is 280 g/mol. The van der Waals surface area contributed by atoms with Crippen molar-refractivity contribution in [2.24, 2.45) is 5.84 Å². The van der Waals surface area contributed by atoms with E-state index in [1.54, 1.807) is 18.0 Å². The summed E-state index contributed by atoms with van der Waals surface area (Å²) in [6.07, 6.45) is 3.75. The number of hydrogen-bond acceptors (Lipinski definition) is 4. The van der Waals surface area contributed by atoms with Crippen molar-refractivity contribution in [2.45, 2.75) is 24.4 Å². The largest absolute Gasteiger partial charge is 0.334 e. The lowest BCUT2D eigenvalue weighted by molar-refractivity contribution is 0.540. The summed E-state index contributed by atoms with van der Waals surface area (Å²) in [7, 11) is 0. The van der Waals surface area contributed by atoms with Gasteiger partial charge in [0.25, 0.3) is 0 Å². The van der Waals surface area contributed by atoms with E-state index >= 15 is 0 Å². The number of benzene rings is 1. The standard InChI is InChI=1S/C13H17ClN4S/c1-2-18-8-7-16-13(18)11(17-15)9-19-12-6-4-3-5-10(12)14/h3-8,11,17H,2,9,15H2,1H3. The molecular formula is C13H17ClN4S. The summed E-state index contributed by atoms with van der Waals surface area (Å²) in [6.45, 7) is 2.96. The number of imidazole rings is 1. The van der Waals surface area contributed by atoms with Crippen LogP contribution in [0.25, 0.3) is 0 Å². The van der Waals surface area contributed by atoms with E-state index in [0.29, 0.717) is 0 Å². The Bertz CT molecular complexity index is 529. The first kappa shape index (κ1) is 14.4. The third kappa shape index (κ3) is 3.51. The number of rotatable bonds is 6. The highest BCUT2D eigenvalue weighted by Crippen LogP contribution is 2.29. The number of thioether (sulfide) groups is 1. The van der Waals surface area contributed by atoms with E-state index in [1.807, 2.05) is 30.5 Å². The number of hydrogen-bond donors (Lipinski definition) is 2. The van der Waals surface area contributed by atoms with Crippen LogP contribution >= 0.6 is 23.4 Å². The van der Waals surface area contributed by atoms with Crippen LogP contribution in [0.5, 0.6) is 0 Å². The van der Waals surface area contributed by atoms with Gasteiger partial charge in [-0.15, -0.1) is 11.8 Å². The van der Waals surface area contributed by atoms with Gasteiger partial charge in [-0.2, -0.15) is 0 Å². The summed E-state index contributed by atoms with van der Waals surface area (Å²) < 4.78 is 2.08. The fourth-order valence-corrected chi connectivity index (χ4v) is 3.10. The fourth-order valence-electron chi connectivity index (χ4n) is 1.83. The molecule has 1 heterocycles. The molecule has 1 unspecified atom stereocenters. The number of aromatic nitrogens is 2. The third-order valence-electron chi connectivity index (χ3n) is 2.84. The van der Waals surface area contributed by atoms with Gasteiger partial charge >= 0.3 is 0 Å². The van der Waals surface area contributed by atoms with Crippen LogP contribution in [0.15, 0.2) is 41.6 Å². The maximum atomic E-state index is 6.14. The maximum absolute atomic E-state index is 6.14. The molecule has 4 nitrogen and oxygen atoms in total. The van der Waals surface area contributed by atoms with E-state index in [-0.39, 0.29) is 6.04 Å². The second-order valence-electron chi connectivity index (χ2n) is 4.03. The van der Waals surface area contributed by atoms with Gasteiger partial charge in [-0.1, -0.05) is 23.7 Å². The molecule has 3 N–H and O–H groups in total. The second kappa shape index (κ2) is 6.96. The number of aryl methyl sites for hydroxylation is 1. The molecule has 0 spiro atoms. The molecule has 102 valence electrons. The minimum Gasteiger partial charge on any atom is -0.334 e. The molecule has 0 radical (unpaired) electrons. The monoisotopic (exact) mass is 296 g/mol. The SMILES string of the molecule is CCn1ccnc1C(CSc1ccccc1Cl)NN. The zero-order chi connectivity index (χ0) is 13.7. The Morgan fingerprint density at radius 2 is 2.26 bits per heavy atom. The summed E-state index contributed by atoms with van der Waals surface area (Å²) >= 11 is 7.81. The molecule has 0 saturated carbocycles. The average Bonchev–Trinajstić information content (AvgIpc) is 2.90. The van der Waals surface area contributed by atoms with E-state index in [9.17, 15) is 0 Å². The van der Waals surface area contributed by atoms with Crippen LogP contribution in [0.2, 0.25) is 5.02 Å². The van der Waals surface area contributed by atoms with Crippen LogP contribution in [-0.2, 0) is 6.54 Å². The smallest absolute Gasteiger partial charge is 0.128 e. The predicted octanol–water partition coefficient (Wildman–Crippen LogP) is 2.85. The Morgan fingerprint density at radius 1 is 1.47 bits per heavy atom. The van der Waals surface area contributed by atoms with Gasteiger partial charge in [0.15, 0.2) is 0 Å². The molecule has 0 aliphatic heterocycles. The normalized spacial score (nSPS) is 12.6. The van der Waals surface area contributed by atoms with Gasteiger partial charge in [0, 0.05) is 29.6 Å². The second-order valence-corrected chi connectivity index (χ2v) is 5.50. The Morgan fingerprint density at radius 3 is 2.95 bits per heavy atom. The van der Waals surface area contributed by atoms with Gasteiger partial charge in [0.2, 0.25) is 0 Å². The molecule has 0 bridgehead atoms. The molecule has 6 heteroatoms. The lowest BCUT2D eigenvalue weighted by Crippen LogP contribution is -2.31. The lowest BCUT2D eigenvalue weighted by atomic mass is 10.3. The summed E-state index contributed by atoms with van der Waals surface area (Å²) in [5, 5.41) is 0.766. The van der Waals surface area contributed by atoms with Crippen molar-refractivity contribution in [3.8, 4) is 0 Å². The molecule has 0 aliphatic rings. The van der Waals surface area contributed by atoms with Crippen LogP contribution in [0, 0.1) is 0 Å². The van der Waals surface area contributed by atoms with Crippen LogP contribution in [0.3, 0.4) is 0 Å². The number of nitrogens with zero attached hydrogens (tertiary/aromatic N) is 2. The summed E-state index contributed by atoms with van der Waals surface area (Å²) in [5.41, 5.74) is 2.82. The highest BCUT2D eigenvalue weighted by Gasteiger charge is 2.15.